The number of urea groups is 1. The van der Waals surface area contributed by atoms with E-state index < -0.39 is 11.9 Å². The fourth-order valence-electron chi connectivity index (χ4n) is 2.47. The van der Waals surface area contributed by atoms with Gasteiger partial charge in [0.2, 0.25) is 5.91 Å². The van der Waals surface area contributed by atoms with Crippen LogP contribution in [0.2, 0.25) is 10.0 Å². The second-order valence-electron chi connectivity index (χ2n) is 5.80. The molecular weight excluding hydrogens is 389 g/mol. The minimum absolute atomic E-state index is 0.0178. The zero-order valence-electron chi connectivity index (χ0n) is 14.0. The van der Waals surface area contributed by atoms with Crippen molar-refractivity contribution in [3.8, 4) is 0 Å². The maximum atomic E-state index is 12.4. The van der Waals surface area contributed by atoms with Gasteiger partial charge in [0.25, 0.3) is 5.91 Å². The van der Waals surface area contributed by atoms with Crippen LogP contribution in [-0.4, -0.2) is 29.3 Å². The normalized spacial score (nSPS) is 15.2. The van der Waals surface area contributed by atoms with E-state index in [-0.39, 0.29) is 24.6 Å². The Morgan fingerprint density at radius 3 is 2.22 bits per heavy atom. The van der Waals surface area contributed by atoms with E-state index in [1.165, 1.54) is 0 Å². The van der Waals surface area contributed by atoms with E-state index in [0.717, 1.165) is 10.5 Å². The molecule has 2 aromatic carbocycles. The first-order valence-electron chi connectivity index (χ1n) is 8.08. The molecule has 0 saturated carbocycles. The Bertz CT molecular complexity index is 909. The fraction of sp³-hybridized carbons (Fsp3) is 0.105. The number of rotatable bonds is 5. The van der Waals surface area contributed by atoms with Gasteiger partial charge in [-0.15, -0.1) is 0 Å². The highest BCUT2D eigenvalue weighted by Gasteiger charge is 2.33. The first-order chi connectivity index (χ1) is 12.9. The van der Waals surface area contributed by atoms with Gasteiger partial charge in [-0.2, -0.15) is 0 Å². The Morgan fingerprint density at radius 1 is 1.00 bits per heavy atom. The molecule has 0 bridgehead atoms. The summed E-state index contributed by atoms with van der Waals surface area (Å²) < 4.78 is 0. The lowest BCUT2D eigenvalue weighted by molar-refractivity contribution is -0.123. The second kappa shape index (κ2) is 8.24. The van der Waals surface area contributed by atoms with Crippen LogP contribution in [0.4, 0.5) is 10.5 Å². The Morgan fingerprint density at radius 2 is 1.59 bits per heavy atom. The van der Waals surface area contributed by atoms with Crippen LogP contribution in [-0.2, 0) is 9.59 Å². The number of nitrogens with one attached hydrogen (secondary N) is 2. The van der Waals surface area contributed by atoms with Crippen molar-refractivity contribution in [3.63, 3.8) is 0 Å². The van der Waals surface area contributed by atoms with Gasteiger partial charge in [0.05, 0.1) is 0 Å². The van der Waals surface area contributed by atoms with Gasteiger partial charge in [-0.05, 0) is 48.0 Å². The molecule has 4 amide bonds. The Kier molecular flexibility index (Phi) is 5.78. The fourth-order valence-corrected chi connectivity index (χ4v) is 2.72. The van der Waals surface area contributed by atoms with Crippen molar-refractivity contribution in [1.29, 1.82) is 0 Å². The zero-order chi connectivity index (χ0) is 19.4. The topological polar surface area (TPSA) is 78.5 Å². The number of benzene rings is 2. The van der Waals surface area contributed by atoms with E-state index >= 15 is 0 Å². The number of hydrogen-bond acceptors (Lipinski definition) is 3. The molecule has 1 fully saturated rings. The standard InChI is InChI=1S/C19H15Cl2N3O3/c20-13-3-1-12(2-4-13)11-16-18(26)24(19(27)23-16)10-9-17(25)22-15-7-5-14(21)6-8-15/h1-8,11H,9-10H2,(H,22,25)(H,23,27). The third-order valence-corrected chi connectivity index (χ3v) is 4.34. The molecule has 1 aliphatic rings. The molecule has 2 aromatic rings. The third kappa shape index (κ3) is 4.87. The van der Waals surface area contributed by atoms with Crippen molar-refractivity contribution in [2.75, 3.05) is 11.9 Å². The molecule has 0 aliphatic carbocycles. The summed E-state index contributed by atoms with van der Waals surface area (Å²) in [5, 5.41) is 6.34. The van der Waals surface area contributed by atoms with Crippen LogP contribution in [0.3, 0.4) is 0 Å². The van der Waals surface area contributed by atoms with Gasteiger partial charge in [-0.3, -0.25) is 14.5 Å². The lowest BCUT2D eigenvalue weighted by Gasteiger charge is -2.11. The lowest BCUT2D eigenvalue weighted by Crippen LogP contribution is -2.33. The average Bonchev–Trinajstić information content (AvgIpc) is 2.90. The van der Waals surface area contributed by atoms with Crippen molar-refractivity contribution in [2.24, 2.45) is 0 Å². The van der Waals surface area contributed by atoms with E-state index in [0.29, 0.717) is 15.7 Å². The van der Waals surface area contributed by atoms with Gasteiger partial charge in [0, 0.05) is 28.7 Å². The summed E-state index contributed by atoms with van der Waals surface area (Å²) in [4.78, 5) is 37.5. The molecule has 0 atom stereocenters. The lowest BCUT2D eigenvalue weighted by atomic mass is 10.2. The van der Waals surface area contributed by atoms with Gasteiger partial charge < -0.3 is 10.6 Å². The molecule has 0 spiro atoms. The molecule has 138 valence electrons. The maximum absolute atomic E-state index is 12.4. The number of amides is 4. The van der Waals surface area contributed by atoms with Crippen LogP contribution in [0, 0.1) is 0 Å². The minimum atomic E-state index is -0.556. The van der Waals surface area contributed by atoms with Crippen molar-refractivity contribution in [2.45, 2.75) is 6.42 Å². The molecule has 8 heteroatoms. The van der Waals surface area contributed by atoms with Crippen LogP contribution in [0.15, 0.2) is 54.2 Å². The van der Waals surface area contributed by atoms with Gasteiger partial charge >= 0.3 is 6.03 Å². The van der Waals surface area contributed by atoms with E-state index in [2.05, 4.69) is 10.6 Å². The molecule has 1 saturated heterocycles. The van der Waals surface area contributed by atoms with Gasteiger partial charge in [0.1, 0.15) is 5.70 Å². The van der Waals surface area contributed by atoms with Crippen molar-refractivity contribution < 1.29 is 14.4 Å². The number of hydrogen-bond donors (Lipinski definition) is 2. The maximum Gasteiger partial charge on any atom is 0.329 e. The number of nitrogens with zero attached hydrogens (tertiary/aromatic N) is 1. The summed E-state index contributed by atoms with van der Waals surface area (Å²) in [6, 6.07) is 12.9. The monoisotopic (exact) mass is 403 g/mol. The Labute approximate surface area is 165 Å². The first-order valence-corrected chi connectivity index (χ1v) is 8.83. The number of imide groups is 1. The SMILES string of the molecule is O=C(CCN1C(=O)NC(=Cc2ccc(Cl)cc2)C1=O)Nc1ccc(Cl)cc1. The largest absolute Gasteiger partial charge is 0.329 e. The summed E-state index contributed by atoms with van der Waals surface area (Å²) in [5.41, 5.74) is 1.47. The summed E-state index contributed by atoms with van der Waals surface area (Å²) >= 11 is 11.6. The highest BCUT2D eigenvalue weighted by Crippen LogP contribution is 2.17. The van der Waals surface area contributed by atoms with E-state index in [4.69, 9.17) is 23.2 Å². The van der Waals surface area contributed by atoms with Crippen LogP contribution in [0.1, 0.15) is 12.0 Å². The van der Waals surface area contributed by atoms with E-state index in [1.807, 2.05) is 0 Å². The molecular formula is C19H15Cl2N3O3. The van der Waals surface area contributed by atoms with Gasteiger partial charge in [-0.1, -0.05) is 35.3 Å². The minimum Gasteiger partial charge on any atom is -0.326 e. The molecule has 0 radical (unpaired) electrons. The van der Waals surface area contributed by atoms with Crippen LogP contribution in [0.5, 0.6) is 0 Å². The predicted octanol–water partition coefficient (Wildman–Crippen LogP) is 3.91. The third-order valence-electron chi connectivity index (χ3n) is 3.83. The number of anilines is 1. The molecule has 1 aliphatic heterocycles. The summed E-state index contributed by atoms with van der Waals surface area (Å²) in [6.07, 6.45) is 1.54. The Hall–Kier alpha value is -2.83. The average molecular weight is 404 g/mol. The van der Waals surface area contributed by atoms with Gasteiger partial charge in [-0.25, -0.2) is 4.79 Å². The highest BCUT2D eigenvalue weighted by atomic mass is 35.5. The molecule has 2 N–H and O–H groups in total. The molecule has 0 aromatic heterocycles. The summed E-state index contributed by atoms with van der Waals surface area (Å²) in [7, 11) is 0. The van der Waals surface area contributed by atoms with Crippen LogP contribution in [0.25, 0.3) is 6.08 Å². The van der Waals surface area contributed by atoms with E-state index in [9.17, 15) is 14.4 Å². The smallest absolute Gasteiger partial charge is 0.326 e. The quantitative estimate of drug-likeness (QED) is 0.586. The van der Waals surface area contributed by atoms with Gasteiger partial charge in [0.15, 0.2) is 0 Å². The molecule has 1 heterocycles. The second-order valence-corrected chi connectivity index (χ2v) is 6.67. The van der Waals surface area contributed by atoms with Crippen molar-refractivity contribution in [1.82, 2.24) is 10.2 Å². The van der Waals surface area contributed by atoms with Crippen molar-refractivity contribution >= 4 is 52.8 Å². The summed E-state index contributed by atoms with van der Waals surface area (Å²) in [5.74, 6) is -0.790. The van der Waals surface area contributed by atoms with Crippen LogP contribution >= 0.6 is 23.2 Å². The van der Waals surface area contributed by atoms with E-state index in [1.54, 1.807) is 54.6 Å². The Balaban J connectivity index is 1.59. The molecule has 6 nitrogen and oxygen atoms in total. The molecule has 27 heavy (non-hydrogen) atoms. The summed E-state index contributed by atoms with van der Waals surface area (Å²) in [6.45, 7) is -0.0257. The number of carbonyl (C=O) groups excluding carboxylic acids is 3. The van der Waals surface area contributed by atoms with Crippen LogP contribution < -0.4 is 10.6 Å². The predicted molar refractivity (Wildman–Crippen MR) is 104 cm³/mol. The zero-order valence-corrected chi connectivity index (χ0v) is 15.6. The highest BCUT2D eigenvalue weighted by molar-refractivity contribution is 6.30. The first kappa shape index (κ1) is 18.9. The molecule has 3 rings (SSSR count). The number of carbonyl (C=O) groups is 3. The number of halogens is 2. The molecule has 0 unspecified atom stereocenters. The van der Waals surface area contributed by atoms with Crippen molar-refractivity contribution in [3.05, 3.63) is 69.8 Å².